The average Bonchev–Trinajstić information content (AvgIpc) is 3.38. The van der Waals surface area contributed by atoms with E-state index in [2.05, 4.69) is 4.72 Å². The van der Waals surface area contributed by atoms with Crippen molar-refractivity contribution < 1.29 is 22.4 Å². The van der Waals surface area contributed by atoms with Crippen LogP contribution in [0.5, 0.6) is 5.75 Å². The smallest absolute Gasteiger partial charge is 0.339 e. The molecule has 1 heterocycles. The first-order valence-corrected chi connectivity index (χ1v) is 13.6. The van der Waals surface area contributed by atoms with Gasteiger partial charge in [0.15, 0.2) is 0 Å². The molecule has 0 spiro atoms. The highest BCUT2D eigenvalue weighted by Crippen LogP contribution is 2.33. The molecule has 0 saturated heterocycles. The van der Waals surface area contributed by atoms with E-state index in [0.29, 0.717) is 23.1 Å². The molecule has 5 rings (SSSR count). The predicted molar refractivity (Wildman–Crippen MR) is 140 cm³/mol. The number of esters is 1. The summed E-state index contributed by atoms with van der Waals surface area (Å²) in [6.45, 7) is 3.58. The third-order valence-corrected chi connectivity index (χ3v) is 8.23. The molecular weight excluding hydrogens is 490 g/mol. The van der Waals surface area contributed by atoms with Crippen LogP contribution in [0.25, 0.3) is 11.0 Å². The summed E-state index contributed by atoms with van der Waals surface area (Å²) in [7, 11) is -4.00. The Labute approximate surface area is 215 Å². The minimum absolute atomic E-state index is 0.0569. The average molecular weight is 518 g/mol. The van der Waals surface area contributed by atoms with Crippen molar-refractivity contribution in [2.75, 3.05) is 0 Å². The van der Waals surface area contributed by atoms with Crippen LogP contribution in [-0.2, 0) is 34.1 Å². The molecule has 3 aromatic carbocycles. The Morgan fingerprint density at radius 2 is 1.68 bits per heavy atom. The van der Waals surface area contributed by atoms with Gasteiger partial charge in [-0.25, -0.2) is 18.0 Å². The van der Waals surface area contributed by atoms with E-state index in [4.69, 9.17) is 9.15 Å². The normalized spacial score (nSPS) is 13.9. The number of fused-ring (bicyclic) bond motifs is 3. The van der Waals surface area contributed by atoms with Gasteiger partial charge in [-0.2, -0.15) is 4.72 Å². The van der Waals surface area contributed by atoms with E-state index in [1.54, 1.807) is 31.2 Å². The molecular formula is C29H27NO6S. The van der Waals surface area contributed by atoms with Gasteiger partial charge in [0.05, 0.1) is 4.90 Å². The maximum atomic E-state index is 13.4. The summed E-state index contributed by atoms with van der Waals surface area (Å²) in [6, 6.07) is 17.8. The zero-order valence-electron chi connectivity index (χ0n) is 20.6. The molecule has 0 radical (unpaired) electrons. The second kappa shape index (κ2) is 9.95. The maximum Gasteiger partial charge on any atom is 0.339 e. The fraction of sp³-hybridized carbons (Fsp3) is 0.241. The number of hydrogen-bond donors (Lipinski definition) is 1. The lowest BCUT2D eigenvalue weighted by Crippen LogP contribution is -2.44. The van der Waals surface area contributed by atoms with Crippen molar-refractivity contribution in [3.63, 3.8) is 0 Å². The predicted octanol–water partition coefficient (Wildman–Crippen LogP) is 4.39. The Morgan fingerprint density at radius 1 is 0.973 bits per heavy atom. The molecule has 0 saturated carbocycles. The Kier molecular flexibility index (Phi) is 6.70. The summed E-state index contributed by atoms with van der Waals surface area (Å²) in [4.78, 5) is 25.9. The molecule has 1 aromatic heterocycles. The number of rotatable bonds is 7. The van der Waals surface area contributed by atoms with Gasteiger partial charge in [0.1, 0.15) is 17.4 Å². The van der Waals surface area contributed by atoms with Crippen molar-refractivity contribution in [1.29, 1.82) is 0 Å². The van der Waals surface area contributed by atoms with Gasteiger partial charge in [-0.05, 0) is 74.9 Å². The summed E-state index contributed by atoms with van der Waals surface area (Å²) in [5.74, 6) is -0.545. The van der Waals surface area contributed by atoms with Gasteiger partial charge in [0, 0.05) is 16.5 Å². The zero-order valence-corrected chi connectivity index (χ0v) is 21.4. The van der Waals surface area contributed by atoms with Crippen LogP contribution in [0.2, 0.25) is 0 Å². The summed E-state index contributed by atoms with van der Waals surface area (Å²) in [5.41, 5.74) is 3.92. The van der Waals surface area contributed by atoms with E-state index < -0.39 is 22.0 Å². The van der Waals surface area contributed by atoms with Crippen molar-refractivity contribution >= 4 is 27.0 Å². The van der Waals surface area contributed by atoms with Crippen LogP contribution in [0.1, 0.15) is 34.2 Å². The number of ether oxygens (including phenoxy) is 1. The second-order valence-electron chi connectivity index (χ2n) is 9.36. The molecule has 7 nitrogen and oxygen atoms in total. The fourth-order valence-electron chi connectivity index (χ4n) is 4.75. The van der Waals surface area contributed by atoms with Crippen molar-refractivity contribution in [3.8, 4) is 5.75 Å². The molecule has 37 heavy (non-hydrogen) atoms. The van der Waals surface area contributed by atoms with Crippen molar-refractivity contribution in [2.45, 2.75) is 50.5 Å². The van der Waals surface area contributed by atoms with Gasteiger partial charge in [0.25, 0.3) is 0 Å². The molecule has 0 bridgehead atoms. The van der Waals surface area contributed by atoms with E-state index >= 15 is 0 Å². The van der Waals surface area contributed by atoms with E-state index in [1.807, 2.05) is 37.3 Å². The van der Waals surface area contributed by atoms with Crippen molar-refractivity contribution in [3.05, 3.63) is 105 Å². The molecule has 4 aromatic rings. The number of sulfonamides is 1. The summed E-state index contributed by atoms with van der Waals surface area (Å²) in [6.07, 6.45) is 2.50. The number of benzene rings is 3. The van der Waals surface area contributed by atoms with Crippen molar-refractivity contribution in [1.82, 2.24) is 4.72 Å². The summed E-state index contributed by atoms with van der Waals surface area (Å²) < 4.78 is 40.1. The third-order valence-electron chi connectivity index (χ3n) is 6.75. The molecule has 0 amide bonds. The fourth-order valence-corrected chi connectivity index (χ4v) is 5.93. The lowest BCUT2D eigenvalue weighted by atomic mass is 10.0. The van der Waals surface area contributed by atoms with E-state index in [-0.39, 0.29) is 22.7 Å². The van der Waals surface area contributed by atoms with Crippen LogP contribution >= 0.6 is 0 Å². The van der Waals surface area contributed by atoms with Gasteiger partial charge in [-0.15, -0.1) is 0 Å². The molecule has 1 unspecified atom stereocenters. The number of aryl methyl sites for hydroxylation is 3. The van der Waals surface area contributed by atoms with Crippen LogP contribution in [-0.4, -0.2) is 20.4 Å². The van der Waals surface area contributed by atoms with Crippen LogP contribution < -0.4 is 15.1 Å². The number of carbonyl (C=O) groups excluding carboxylic acids is 1. The standard InChI is InChI=1S/C29H27NO6S/c1-18-11-13-21(14-12-18)37(33,34)30-25(17-20-7-4-3-5-8-20)29(32)35-26-16-15-23-22-9-6-10-24(22)28(31)36-27(23)19(26)2/h3-5,7-8,11-16,25,30H,6,9-10,17H2,1-2H3. The van der Waals surface area contributed by atoms with Crippen LogP contribution in [0, 0.1) is 13.8 Å². The zero-order chi connectivity index (χ0) is 26.2. The third kappa shape index (κ3) is 5.08. The number of carbonyl (C=O) groups is 1. The lowest BCUT2D eigenvalue weighted by Gasteiger charge is -2.19. The van der Waals surface area contributed by atoms with Gasteiger partial charge in [-0.1, -0.05) is 48.0 Å². The van der Waals surface area contributed by atoms with E-state index in [1.165, 1.54) is 12.1 Å². The monoisotopic (exact) mass is 517 g/mol. The minimum Gasteiger partial charge on any atom is -0.425 e. The molecule has 190 valence electrons. The van der Waals surface area contributed by atoms with E-state index in [9.17, 15) is 18.0 Å². The molecule has 1 aliphatic carbocycles. The SMILES string of the molecule is Cc1ccc(S(=O)(=O)NC(Cc2ccccc2)C(=O)Oc2ccc3c4c(c(=O)oc3c2C)CCC4)cc1. The Balaban J connectivity index is 1.47. The number of hydrogen-bond acceptors (Lipinski definition) is 6. The first kappa shape index (κ1) is 24.9. The number of nitrogens with one attached hydrogen (secondary N) is 1. The molecule has 1 atom stereocenters. The molecule has 1 N–H and O–H groups in total. The largest absolute Gasteiger partial charge is 0.425 e. The highest BCUT2D eigenvalue weighted by atomic mass is 32.2. The topological polar surface area (TPSA) is 103 Å². The summed E-state index contributed by atoms with van der Waals surface area (Å²) in [5, 5.41) is 0.838. The molecule has 0 fully saturated rings. The Bertz CT molecular complexity index is 1640. The first-order valence-electron chi connectivity index (χ1n) is 12.2. The maximum absolute atomic E-state index is 13.4. The quantitative estimate of drug-likeness (QED) is 0.222. The van der Waals surface area contributed by atoms with Gasteiger partial charge < -0.3 is 9.15 Å². The second-order valence-corrected chi connectivity index (χ2v) is 11.1. The highest BCUT2D eigenvalue weighted by Gasteiger charge is 2.29. The highest BCUT2D eigenvalue weighted by molar-refractivity contribution is 7.89. The van der Waals surface area contributed by atoms with Gasteiger partial charge in [0.2, 0.25) is 10.0 Å². The van der Waals surface area contributed by atoms with Gasteiger partial charge in [-0.3, -0.25) is 0 Å². The Hall–Kier alpha value is -3.75. The molecule has 0 aliphatic heterocycles. The lowest BCUT2D eigenvalue weighted by molar-refractivity contribution is -0.136. The molecule has 8 heteroatoms. The first-order chi connectivity index (χ1) is 17.7. The van der Waals surface area contributed by atoms with Crippen LogP contribution in [0.3, 0.4) is 0 Å². The van der Waals surface area contributed by atoms with E-state index in [0.717, 1.165) is 34.9 Å². The van der Waals surface area contributed by atoms with Crippen LogP contribution in [0.15, 0.2) is 80.8 Å². The summed E-state index contributed by atoms with van der Waals surface area (Å²) >= 11 is 0. The van der Waals surface area contributed by atoms with Crippen molar-refractivity contribution in [2.24, 2.45) is 0 Å². The Morgan fingerprint density at radius 3 is 2.41 bits per heavy atom. The molecule has 1 aliphatic rings. The minimum atomic E-state index is -4.00. The van der Waals surface area contributed by atoms with Gasteiger partial charge >= 0.3 is 11.6 Å². The van der Waals surface area contributed by atoms with Crippen LogP contribution in [0.4, 0.5) is 0 Å².